The first-order valence-electron chi connectivity index (χ1n) is 11.4. The Morgan fingerprint density at radius 1 is 1.00 bits per heavy atom. The van der Waals surface area contributed by atoms with Gasteiger partial charge in [0.1, 0.15) is 5.75 Å². The largest absolute Gasteiger partial charge is 0.506 e. The van der Waals surface area contributed by atoms with E-state index in [1.54, 1.807) is 12.3 Å². The van der Waals surface area contributed by atoms with Crippen molar-refractivity contribution in [3.05, 3.63) is 95.6 Å². The van der Waals surface area contributed by atoms with E-state index in [0.29, 0.717) is 10.8 Å². The van der Waals surface area contributed by atoms with Crippen molar-refractivity contribution in [2.45, 2.75) is 25.9 Å². The number of rotatable bonds is 4. The van der Waals surface area contributed by atoms with Gasteiger partial charge >= 0.3 is 0 Å². The molecule has 0 saturated carbocycles. The zero-order valence-corrected chi connectivity index (χ0v) is 20.1. The summed E-state index contributed by atoms with van der Waals surface area (Å²) in [5.41, 5.74) is 5.76. The Bertz CT molecular complexity index is 1440. The molecule has 2 atom stereocenters. The molecule has 1 fully saturated rings. The molecular weight excluding hydrogens is 460 g/mol. The fourth-order valence-electron chi connectivity index (χ4n) is 5.11. The predicted molar refractivity (Wildman–Crippen MR) is 137 cm³/mol. The summed E-state index contributed by atoms with van der Waals surface area (Å²) in [5, 5.41) is 14.7. The smallest absolute Gasteiger partial charge is 0.231 e. The molecule has 0 spiro atoms. The SMILES string of the molecule is Cc1cc([C@@H]2[C@H](c3ccccn3)NC(=S)N2c2ccccc2O)c(C)n1-c1ccc2c(c1)OCO2. The topological polar surface area (TPSA) is 71.8 Å². The minimum absolute atomic E-state index is 0.174. The highest BCUT2D eigenvalue weighted by molar-refractivity contribution is 7.80. The van der Waals surface area contributed by atoms with Gasteiger partial charge in [0.15, 0.2) is 16.6 Å². The molecule has 4 aromatic rings. The minimum atomic E-state index is -0.223. The molecule has 0 bridgehead atoms. The fourth-order valence-corrected chi connectivity index (χ4v) is 5.45. The van der Waals surface area contributed by atoms with E-state index in [1.165, 1.54) is 0 Å². The standard InChI is InChI=1S/C27H24N4O3S/c1-16-13-19(17(2)30(16)18-10-11-23-24(14-18)34-15-33-23)26-25(20-7-5-6-12-28-20)29-27(35)31(26)21-8-3-4-9-22(21)32/h3-14,25-26,32H,15H2,1-2H3,(H,29,35)/t25-,26+/m0/s1. The number of para-hydroxylation sites is 2. The minimum Gasteiger partial charge on any atom is -0.506 e. The van der Waals surface area contributed by atoms with Crippen LogP contribution >= 0.6 is 12.2 Å². The number of fused-ring (bicyclic) bond motifs is 1. The van der Waals surface area contributed by atoms with Crippen LogP contribution in [0, 0.1) is 13.8 Å². The Morgan fingerprint density at radius 2 is 1.80 bits per heavy atom. The highest BCUT2D eigenvalue weighted by atomic mass is 32.1. The molecular formula is C27H24N4O3S. The van der Waals surface area contributed by atoms with E-state index >= 15 is 0 Å². The number of thiocarbonyl (C=S) groups is 1. The normalized spacial score (nSPS) is 18.7. The molecule has 7 nitrogen and oxygen atoms in total. The zero-order chi connectivity index (χ0) is 24.1. The molecule has 0 aliphatic carbocycles. The van der Waals surface area contributed by atoms with Crippen molar-refractivity contribution in [1.82, 2.24) is 14.9 Å². The number of pyridine rings is 1. The third-order valence-electron chi connectivity index (χ3n) is 6.64. The summed E-state index contributed by atoms with van der Waals surface area (Å²) in [7, 11) is 0. The Morgan fingerprint density at radius 3 is 2.60 bits per heavy atom. The van der Waals surface area contributed by atoms with Crippen LogP contribution in [0.2, 0.25) is 0 Å². The lowest BCUT2D eigenvalue weighted by Crippen LogP contribution is -2.29. The van der Waals surface area contributed by atoms with E-state index < -0.39 is 0 Å². The lowest BCUT2D eigenvalue weighted by Gasteiger charge is -2.28. The number of nitrogens with one attached hydrogen (secondary N) is 1. The van der Waals surface area contributed by atoms with E-state index in [1.807, 2.05) is 59.5 Å². The Balaban J connectivity index is 1.51. The highest BCUT2D eigenvalue weighted by Gasteiger charge is 2.43. The molecule has 0 unspecified atom stereocenters. The van der Waals surface area contributed by atoms with Crippen LogP contribution < -0.4 is 19.7 Å². The van der Waals surface area contributed by atoms with Gasteiger partial charge in [-0.2, -0.15) is 0 Å². The first kappa shape index (κ1) is 21.5. The molecule has 2 N–H and O–H groups in total. The fraction of sp³-hybridized carbons (Fsp3) is 0.185. The van der Waals surface area contributed by atoms with Crippen LogP contribution in [0.15, 0.2) is 72.9 Å². The number of aromatic nitrogens is 2. The van der Waals surface area contributed by atoms with Crippen molar-refractivity contribution in [3.8, 4) is 22.9 Å². The molecule has 0 radical (unpaired) electrons. The number of phenolic OH excluding ortho intramolecular Hbond substituents is 1. The van der Waals surface area contributed by atoms with Gasteiger partial charge in [0, 0.05) is 29.3 Å². The predicted octanol–water partition coefficient (Wildman–Crippen LogP) is 5.10. The summed E-state index contributed by atoms with van der Waals surface area (Å²) in [6.07, 6.45) is 1.79. The van der Waals surface area contributed by atoms with Gasteiger partial charge in [0.2, 0.25) is 6.79 Å². The second kappa shape index (κ2) is 8.32. The van der Waals surface area contributed by atoms with Crippen molar-refractivity contribution < 1.29 is 14.6 Å². The van der Waals surface area contributed by atoms with Crippen LogP contribution in [-0.4, -0.2) is 26.6 Å². The van der Waals surface area contributed by atoms with Gasteiger partial charge in [-0.3, -0.25) is 4.98 Å². The van der Waals surface area contributed by atoms with Crippen molar-refractivity contribution in [3.63, 3.8) is 0 Å². The highest BCUT2D eigenvalue weighted by Crippen LogP contribution is 2.46. The molecule has 2 aromatic carbocycles. The van der Waals surface area contributed by atoms with Crippen molar-refractivity contribution in [1.29, 1.82) is 0 Å². The zero-order valence-electron chi connectivity index (χ0n) is 19.3. The van der Waals surface area contributed by atoms with Gasteiger partial charge in [0.05, 0.1) is 23.5 Å². The maximum atomic E-state index is 10.7. The van der Waals surface area contributed by atoms with Gasteiger partial charge in [-0.15, -0.1) is 0 Å². The number of hydrogen-bond donors (Lipinski definition) is 2. The summed E-state index contributed by atoms with van der Waals surface area (Å²) in [4.78, 5) is 6.63. The van der Waals surface area contributed by atoms with Crippen LogP contribution in [0.5, 0.6) is 17.2 Å². The van der Waals surface area contributed by atoms with E-state index in [4.69, 9.17) is 21.7 Å². The lowest BCUT2D eigenvalue weighted by molar-refractivity contribution is 0.174. The Hall–Kier alpha value is -4.04. The number of anilines is 1. The third kappa shape index (κ3) is 3.49. The second-order valence-corrected chi connectivity index (χ2v) is 9.07. The summed E-state index contributed by atoms with van der Waals surface area (Å²) in [6.45, 7) is 4.43. The molecule has 1 saturated heterocycles. The second-order valence-electron chi connectivity index (χ2n) is 8.68. The van der Waals surface area contributed by atoms with Crippen molar-refractivity contribution in [2.75, 3.05) is 11.7 Å². The number of phenols is 1. The molecule has 6 rings (SSSR count). The number of aryl methyl sites for hydroxylation is 1. The molecule has 4 heterocycles. The number of ether oxygens (including phenoxy) is 2. The Labute approximate surface area is 208 Å². The molecule has 176 valence electrons. The molecule has 8 heteroatoms. The third-order valence-corrected chi connectivity index (χ3v) is 6.96. The maximum absolute atomic E-state index is 10.7. The lowest BCUT2D eigenvalue weighted by atomic mass is 9.96. The number of aromatic hydroxyl groups is 1. The summed E-state index contributed by atoms with van der Waals surface area (Å²) in [6, 6.07) is 20.9. The van der Waals surface area contributed by atoms with Gasteiger partial charge in [-0.1, -0.05) is 18.2 Å². The first-order valence-corrected chi connectivity index (χ1v) is 11.8. The van der Waals surface area contributed by atoms with Crippen LogP contribution in [-0.2, 0) is 0 Å². The van der Waals surface area contributed by atoms with Gasteiger partial charge in [0.25, 0.3) is 0 Å². The average molecular weight is 485 g/mol. The van der Waals surface area contributed by atoms with E-state index in [-0.39, 0.29) is 24.6 Å². The van der Waals surface area contributed by atoms with Crippen LogP contribution in [0.1, 0.15) is 34.7 Å². The van der Waals surface area contributed by atoms with Gasteiger partial charge in [-0.05, 0) is 74.1 Å². The summed E-state index contributed by atoms with van der Waals surface area (Å²) in [5.74, 6) is 1.66. The maximum Gasteiger partial charge on any atom is 0.231 e. The number of benzene rings is 2. The first-order chi connectivity index (χ1) is 17.0. The summed E-state index contributed by atoms with van der Waals surface area (Å²) >= 11 is 5.81. The van der Waals surface area contributed by atoms with Crippen LogP contribution in [0.25, 0.3) is 5.69 Å². The Kier molecular flexibility index (Phi) is 5.11. The number of nitrogens with zero attached hydrogens (tertiary/aromatic N) is 3. The van der Waals surface area contributed by atoms with E-state index in [0.717, 1.165) is 39.8 Å². The van der Waals surface area contributed by atoms with Gasteiger partial charge < -0.3 is 29.4 Å². The van der Waals surface area contributed by atoms with Crippen molar-refractivity contribution in [2.24, 2.45) is 0 Å². The molecule has 2 aromatic heterocycles. The number of hydrogen-bond acceptors (Lipinski definition) is 5. The monoisotopic (exact) mass is 484 g/mol. The van der Waals surface area contributed by atoms with E-state index in [2.05, 4.69) is 34.8 Å². The summed E-state index contributed by atoms with van der Waals surface area (Å²) < 4.78 is 13.3. The van der Waals surface area contributed by atoms with E-state index in [9.17, 15) is 5.11 Å². The van der Waals surface area contributed by atoms with Crippen molar-refractivity contribution >= 4 is 23.0 Å². The quantitative estimate of drug-likeness (QED) is 0.391. The average Bonchev–Trinajstić information content (AvgIpc) is 3.55. The van der Waals surface area contributed by atoms with Crippen LogP contribution in [0.3, 0.4) is 0 Å². The molecule has 35 heavy (non-hydrogen) atoms. The molecule has 2 aliphatic heterocycles. The molecule has 0 amide bonds. The van der Waals surface area contributed by atoms with Gasteiger partial charge in [-0.25, -0.2) is 0 Å². The van der Waals surface area contributed by atoms with Crippen LogP contribution in [0.4, 0.5) is 5.69 Å². The molecule has 2 aliphatic rings.